The normalized spacial score (nSPS) is 19.4. The Labute approximate surface area is 208 Å². The Hall–Kier alpha value is -3.72. The summed E-state index contributed by atoms with van der Waals surface area (Å²) in [7, 11) is 1.62. The van der Waals surface area contributed by atoms with E-state index >= 15 is 0 Å². The molecule has 2 N–H and O–H groups in total. The zero-order chi connectivity index (χ0) is 25.3. The smallest absolute Gasteiger partial charge is 0.162 e. The maximum Gasteiger partial charge on any atom is 0.162 e. The van der Waals surface area contributed by atoms with Gasteiger partial charge in [0.05, 0.1) is 24.7 Å². The van der Waals surface area contributed by atoms with Crippen LogP contribution in [0.3, 0.4) is 0 Å². The molecule has 1 unspecified atom stereocenters. The van der Waals surface area contributed by atoms with Gasteiger partial charge in [0.15, 0.2) is 5.78 Å². The highest BCUT2D eigenvalue weighted by atomic mass is 16.5. The second-order valence-corrected chi connectivity index (χ2v) is 9.94. The second-order valence-electron chi connectivity index (χ2n) is 9.94. The topological polar surface area (TPSA) is 82.6 Å². The number of carbonyl (C=O) groups excluding carboxylic acids is 1. The third-order valence-corrected chi connectivity index (χ3v) is 7.07. The van der Waals surface area contributed by atoms with Crippen molar-refractivity contribution in [3.05, 3.63) is 76.8 Å². The van der Waals surface area contributed by atoms with Crippen molar-refractivity contribution in [1.29, 1.82) is 5.26 Å². The predicted octanol–water partition coefficient (Wildman–Crippen LogP) is 5.48. The van der Waals surface area contributed by atoms with E-state index in [1.54, 1.807) is 7.11 Å². The molecule has 2 aliphatic rings. The van der Waals surface area contributed by atoms with Crippen LogP contribution in [0.5, 0.6) is 5.75 Å². The number of ether oxygens (including phenoxy) is 1. The number of hydrogen-bond donors (Lipinski definition) is 1. The Kier molecular flexibility index (Phi) is 6.62. The Morgan fingerprint density at radius 1 is 1.09 bits per heavy atom. The standard InChI is InChI=1S/C29H34N4O2/c1-6-32(7-2)20-10-8-19(9-11-20)26-23(18-30)28(31)33(21-12-14-22(35-5)15-13-21)24-16-29(3,4)17-25(34)27(24)26/h8-15,26H,6-7,16-17,31H2,1-5H3. The van der Waals surface area contributed by atoms with Gasteiger partial charge in [-0.05, 0) is 67.6 Å². The number of nitriles is 1. The number of carbonyl (C=O) groups is 1. The first-order chi connectivity index (χ1) is 16.7. The van der Waals surface area contributed by atoms with Crippen LogP contribution in [-0.2, 0) is 4.79 Å². The molecular weight excluding hydrogens is 436 g/mol. The van der Waals surface area contributed by atoms with E-state index in [4.69, 9.17) is 10.5 Å². The zero-order valence-electron chi connectivity index (χ0n) is 21.3. The minimum Gasteiger partial charge on any atom is -0.497 e. The molecule has 0 saturated heterocycles. The van der Waals surface area contributed by atoms with Gasteiger partial charge < -0.3 is 15.4 Å². The van der Waals surface area contributed by atoms with Crippen molar-refractivity contribution in [3.8, 4) is 11.8 Å². The first-order valence-corrected chi connectivity index (χ1v) is 12.2. The number of allylic oxidation sites excluding steroid dienone is 3. The van der Waals surface area contributed by atoms with Crippen LogP contribution in [0.1, 0.15) is 52.0 Å². The molecule has 0 bridgehead atoms. The van der Waals surface area contributed by atoms with Crippen LogP contribution in [0.4, 0.5) is 11.4 Å². The summed E-state index contributed by atoms with van der Waals surface area (Å²) in [6.45, 7) is 10.3. The Morgan fingerprint density at radius 2 is 1.71 bits per heavy atom. The summed E-state index contributed by atoms with van der Waals surface area (Å²) in [6.07, 6.45) is 1.13. The molecule has 4 rings (SSSR count). The monoisotopic (exact) mass is 470 g/mol. The van der Waals surface area contributed by atoms with Crippen molar-refractivity contribution >= 4 is 17.2 Å². The number of anilines is 2. The van der Waals surface area contributed by atoms with E-state index in [1.165, 1.54) is 0 Å². The third kappa shape index (κ3) is 4.39. The molecule has 6 nitrogen and oxygen atoms in total. The molecule has 0 aromatic heterocycles. The quantitative estimate of drug-likeness (QED) is 0.602. The van der Waals surface area contributed by atoms with Crippen molar-refractivity contribution < 1.29 is 9.53 Å². The molecule has 6 heteroatoms. The lowest BCUT2D eigenvalue weighted by atomic mass is 9.68. The van der Waals surface area contributed by atoms with Crippen LogP contribution in [0, 0.1) is 16.7 Å². The van der Waals surface area contributed by atoms with E-state index in [-0.39, 0.29) is 11.2 Å². The molecule has 1 aliphatic heterocycles. The maximum absolute atomic E-state index is 13.7. The summed E-state index contributed by atoms with van der Waals surface area (Å²) in [6, 6.07) is 18.1. The van der Waals surface area contributed by atoms with Gasteiger partial charge in [0, 0.05) is 42.2 Å². The first kappa shape index (κ1) is 24.4. The number of nitrogens with two attached hydrogens (primary N) is 1. The molecule has 182 valence electrons. The Balaban J connectivity index is 1.89. The number of nitrogens with zero attached hydrogens (tertiary/aromatic N) is 3. The predicted molar refractivity (Wildman–Crippen MR) is 140 cm³/mol. The van der Waals surface area contributed by atoms with E-state index in [9.17, 15) is 10.1 Å². The van der Waals surface area contributed by atoms with Gasteiger partial charge in [-0.25, -0.2) is 0 Å². The van der Waals surface area contributed by atoms with Crippen molar-refractivity contribution in [3.63, 3.8) is 0 Å². The molecule has 0 amide bonds. The minimum atomic E-state index is -0.473. The van der Waals surface area contributed by atoms with Crippen LogP contribution in [0.15, 0.2) is 71.2 Å². The van der Waals surface area contributed by atoms with E-state index in [1.807, 2.05) is 41.3 Å². The minimum absolute atomic E-state index is 0.0767. The van der Waals surface area contributed by atoms with Gasteiger partial charge in [0.2, 0.25) is 0 Å². The summed E-state index contributed by atoms with van der Waals surface area (Å²) >= 11 is 0. The average molecular weight is 471 g/mol. The Morgan fingerprint density at radius 3 is 2.26 bits per heavy atom. The molecule has 0 saturated carbocycles. The van der Waals surface area contributed by atoms with Gasteiger partial charge in [0.25, 0.3) is 0 Å². The molecule has 0 fully saturated rings. The molecule has 2 aromatic carbocycles. The highest BCUT2D eigenvalue weighted by Gasteiger charge is 2.44. The van der Waals surface area contributed by atoms with Gasteiger partial charge in [0.1, 0.15) is 11.6 Å². The summed E-state index contributed by atoms with van der Waals surface area (Å²) in [4.78, 5) is 17.8. The highest BCUT2D eigenvalue weighted by Crippen LogP contribution is 2.50. The fourth-order valence-electron chi connectivity index (χ4n) is 5.33. The Bertz CT molecular complexity index is 1210. The first-order valence-electron chi connectivity index (χ1n) is 12.2. The van der Waals surface area contributed by atoms with E-state index in [0.29, 0.717) is 29.8 Å². The van der Waals surface area contributed by atoms with Crippen LogP contribution in [-0.4, -0.2) is 26.0 Å². The van der Waals surface area contributed by atoms with Gasteiger partial charge in [-0.15, -0.1) is 0 Å². The zero-order valence-corrected chi connectivity index (χ0v) is 21.3. The lowest BCUT2D eigenvalue weighted by molar-refractivity contribution is -0.118. The van der Waals surface area contributed by atoms with E-state index in [0.717, 1.165) is 41.5 Å². The number of methoxy groups -OCH3 is 1. The van der Waals surface area contributed by atoms with Crippen molar-refractivity contribution in [2.75, 3.05) is 30.0 Å². The van der Waals surface area contributed by atoms with Crippen LogP contribution in [0.2, 0.25) is 0 Å². The van der Waals surface area contributed by atoms with E-state index in [2.05, 4.69) is 50.8 Å². The number of benzene rings is 2. The molecule has 1 heterocycles. The van der Waals surface area contributed by atoms with Gasteiger partial charge in [-0.2, -0.15) is 5.26 Å². The van der Waals surface area contributed by atoms with Crippen molar-refractivity contribution in [2.24, 2.45) is 11.1 Å². The average Bonchev–Trinajstić information content (AvgIpc) is 2.84. The largest absolute Gasteiger partial charge is 0.497 e. The molecule has 1 atom stereocenters. The van der Waals surface area contributed by atoms with Crippen molar-refractivity contribution in [2.45, 2.75) is 46.5 Å². The molecule has 2 aromatic rings. The van der Waals surface area contributed by atoms with Gasteiger partial charge in [-0.3, -0.25) is 9.69 Å². The fraction of sp³-hybridized carbons (Fsp3) is 0.379. The molecular formula is C29H34N4O2. The number of hydrogen-bond acceptors (Lipinski definition) is 6. The van der Waals surface area contributed by atoms with Gasteiger partial charge in [-0.1, -0.05) is 26.0 Å². The third-order valence-electron chi connectivity index (χ3n) is 7.07. The molecule has 1 aliphatic carbocycles. The van der Waals surface area contributed by atoms with Crippen LogP contribution >= 0.6 is 0 Å². The van der Waals surface area contributed by atoms with Crippen LogP contribution in [0.25, 0.3) is 0 Å². The maximum atomic E-state index is 13.7. The van der Waals surface area contributed by atoms with Crippen LogP contribution < -0.4 is 20.3 Å². The van der Waals surface area contributed by atoms with Gasteiger partial charge >= 0.3 is 0 Å². The lowest BCUT2D eigenvalue weighted by Gasteiger charge is -2.43. The molecule has 0 radical (unpaired) electrons. The molecule has 0 spiro atoms. The van der Waals surface area contributed by atoms with E-state index < -0.39 is 5.92 Å². The number of rotatable bonds is 6. The summed E-state index contributed by atoms with van der Waals surface area (Å²) in [5, 5.41) is 10.3. The highest BCUT2D eigenvalue weighted by molar-refractivity contribution is 6.01. The second kappa shape index (κ2) is 9.50. The van der Waals surface area contributed by atoms with Crippen molar-refractivity contribution in [1.82, 2.24) is 0 Å². The fourth-order valence-corrected chi connectivity index (χ4v) is 5.33. The number of ketones is 1. The SMILES string of the molecule is CCN(CC)c1ccc(C2C(C#N)=C(N)N(c3ccc(OC)cc3)C3=C2C(=O)CC(C)(C)C3)cc1. The summed E-state index contributed by atoms with van der Waals surface area (Å²) < 4.78 is 5.32. The molecule has 35 heavy (non-hydrogen) atoms. The lowest BCUT2D eigenvalue weighted by Crippen LogP contribution is -2.42. The number of Topliss-reactive ketones (excluding diaryl/α,β-unsaturated/α-hetero) is 1. The summed E-state index contributed by atoms with van der Waals surface area (Å²) in [5.41, 5.74) is 11.3. The summed E-state index contributed by atoms with van der Waals surface area (Å²) in [5.74, 6) is 0.709.